The molecule has 1 aromatic rings. The van der Waals surface area contributed by atoms with Gasteiger partial charge in [-0.25, -0.2) is 21.6 Å². The summed E-state index contributed by atoms with van der Waals surface area (Å²) in [4.78, 5) is 11.9. The minimum atomic E-state index is -7.42. The van der Waals surface area contributed by atoms with Crippen LogP contribution < -0.4 is 8.85 Å². The maximum atomic E-state index is 14.0. The van der Waals surface area contributed by atoms with E-state index in [2.05, 4.69) is 0 Å². The third kappa shape index (κ3) is 5.57. The van der Waals surface area contributed by atoms with Gasteiger partial charge in [0.05, 0.1) is 11.8 Å². The van der Waals surface area contributed by atoms with Gasteiger partial charge < -0.3 is 0 Å². The molecular weight excluding hydrogens is 563 g/mol. The Morgan fingerprint density at radius 1 is 0.765 bits per heavy atom. The monoisotopic (exact) mass is 574 g/mol. The van der Waals surface area contributed by atoms with Crippen LogP contribution in [0.3, 0.4) is 0 Å². The minimum absolute atomic E-state index is 0.0490. The zero-order valence-corrected chi connectivity index (χ0v) is 18.7. The maximum absolute atomic E-state index is 14.0. The lowest BCUT2D eigenvalue weighted by Crippen LogP contribution is -2.65. The minimum Gasteiger partial charge on any atom is -0.268 e. The topological polar surface area (TPSA) is 144 Å². The van der Waals surface area contributed by atoms with E-state index < -0.39 is 69.7 Å². The number of sulfonamides is 3. The van der Waals surface area contributed by atoms with Crippen LogP contribution in [-0.4, -0.2) is 53.8 Å². The molecule has 0 spiro atoms. The van der Waals surface area contributed by atoms with Crippen molar-refractivity contribution in [2.45, 2.75) is 29.5 Å². The van der Waals surface area contributed by atoms with E-state index in [1.807, 2.05) is 0 Å². The molecule has 0 aliphatic carbocycles. The molecule has 0 aliphatic rings. The van der Waals surface area contributed by atoms with E-state index in [1.165, 1.54) is 0 Å². The van der Waals surface area contributed by atoms with Gasteiger partial charge in [-0.05, 0) is 30.7 Å². The second-order valence-corrected chi connectivity index (χ2v) is 11.9. The fourth-order valence-corrected chi connectivity index (χ4v) is 5.58. The quantitative estimate of drug-likeness (QED) is 0.451. The molecule has 0 aliphatic heterocycles. The van der Waals surface area contributed by atoms with Crippen LogP contribution in [0.5, 0.6) is 0 Å². The first-order valence-electron chi connectivity index (χ1n) is 7.82. The van der Waals surface area contributed by atoms with Crippen molar-refractivity contribution in [2.24, 2.45) is 0 Å². The zero-order chi connectivity index (χ0) is 27.3. The summed E-state index contributed by atoms with van der Waals surface area (Å²) >= 11 is 0. The summed E-state index contributed by atoms with van der Waals surface area (Å²) in [5.74, 6) is -9.82. The van der Waals surface area contributed by atoms with Crippen LogP contribution in [0.4, 0.5) is 39.5 Å². The van der Waals surface area contributed by atoms with Gasteiger partial charge in [0.1, 0.15) is 0 Å². The van der Waals surface area contributed by atoms with Crippen molar-refractivity contribution >= 4 is 36.0 Å². The SMILES string of the molecule is Cc1cc(C(=O)NS(=O)(=O)C(F)(F)C(F)(F)C(F)(F)S(=O)(=O)NS(C)(=O)=O)cc(C(F)(F)F)c1. The number of carbonyl (C=O) groups excluding carboxylic acids is 1. The predicted molar refractivity (Wildman–Crippen MR) is 94.3 cm³/mol. The molecule has 0 bridgehead atoms. The zero-order valence-electron chi connectivity index (χ0n) is 16.2. The molecular formula is C13H11F9N2O7S3. The number of nitrogens with one attached hydrogen (secondary N) is 2. The largest absolute Gasteiger partial charge is 0.433 e. The van der Waals surface area contributed by atoms with Gasteiger partial charge in [-0.2, -0.15) is 47.9 Å². The summed E-state index contributed by atoms with van der Waals surface area (Å²) in [5.41, 5.74) is -3.32. The van der Waals surface area contributed by atoms with Gasteiger partial charge in [-0.1, -0.05) is 0 Å². The molecule has 1 rings (SSSR count). The fraction of sp³-hybridized carbons (Fsp3) is 0.462. The molecule has 9 nitrogen and oxygen atoms in total. The summed E-state index contributed by atoms with van der Waals surface area (Å²) in [5, 5.41) is -14.3. The van der Waals surface area contributed by atoms with Crippen molar-refractivity contribution in [1.29, 1.82) is 0 Å². The highest BCUT2D eigenvalue weighted by Gasteiger charge is 2.82. The molecule has 0 unspecified atom stereocenters. The average Bonchev–Trinajstić information content (AvgIpc) is 2.57. The van der Waals surface area contributed by atoms with Crippen LogP contribution in [-0.2, 0) is 36.2 Å². The lowest BCUT2D eigenvalue weighted by molar-refractivity contribution is -0.244. The van der Waals surface area contributed by atoms with Crippen LogP contribution >= 0.6 is 0 Å². The van der Waals surface area contributed by atoms with E-state index in [0.717, 1.165) is 6.92 Å². The number of hydrogen-bond acceptors (Lipinski definition) is 7. The lowest BCUT2D eigenvalue weighted by atomic mass is 10.1. The second kappa shape index (κ2) is 8.52. The van der Waals surface area contributed by atoms with Crippen LogP contribution in [0.25, 0.3) is 0 Å². The number of hydrogen-bond donors (Lipinski definition) is 2. The molecule has 0 saturated carbocycles. The van der Waals surface area contributed by atoms with Crippen molar-refractivity contribution in [3.05, 3.63) is 34.9 Å². The van der Waals surface area contributed by atoms with Crippen LogP contribution in [0.2, 0.25) is 0 Å². The molecule has 0 saturated heterocycles. The highest BCUT2D eigenvalue weighted by molar-refractivity contribution is 8.05. The van der Waals surface area contributed by atoms with Gasteiger partial charge >= 0.3 is 32.6 Å². The Labute approximate surface area is 185 Å². The number of rotatable bonds is 8. The van der Waals surface area contributed by atoms with E-state index in [0.29, 0.717) is 12.1 Å². The van der Waals surface area contributed by atoms with Crippen molar-refractivity contribution in [3.63, 3.8) is 0 Å². The van der Waals surface area contributed by atoms with E-state index in [-0.39, 0.29) is 26.7 Å². The highest BCUT2D eigenvalue weighted by atomic mass is 32.3. The van der Waals surface area contributed by atoms with E-state index in [4.69, 9.17) is 0 Å². The number of halogens is 9. The smallest absolute Gasteiger partial charge is 0.268 e. The van der Waals surface area contributed by atoms with Crippen LogP contribution in [0.15, 0.2) is 18.2 Å². The first kappa shape index (κ1) is 29.9. The van der Waals surface area contributed by atoms with Gasteiger partial charge in [0, 0.05) is 5.56 Å². The van der Waals surface area contributed by atoms with Gasteiger partial charge in [0.15, 0.2) is 0 Å². The van der Waals surface area contributed by atoms with Crippen molar-refractivity contribution < 1.29 is 69.6 Å². The van der Waals surface area contributed by atoms with Gasteiger partial charge in [0.25, 0.3) is 15.9 Å². The Bertz CT molecular complexity index is 1310. The predicted octanol–water partition coefficient (Wildman–Crippen LogP) is 1.77. The van der Waals surface area contributed by atoms with E-state index in [1.54, 1.807) is 0 Å². The molecule has 0 heterocycles. The van der Waals surface area contributed by atoms with E-state index in [9.17, 15) is 69.6 Å². The molecule has 196 valence electrons. The molecule has 0 aromatic heterocycles. The summed E-state index contributed by atoms with van der Waals surface area (Å²) in [6.07, 6.45) is -5.29. The first-order chi connectivity index (χ1) is 14.7. The molecule has 0 atom stereocenters. The van der Waals surface area contributed by atoms with Crippen LogP contribution in [0.1, 0.15) is 21.5 Å². The molecule has 34 heavy (non-hydrogen) atoms. The third-order valence-corrected chi connectivity index (χ3v) is 7.97. The molecule has 0 radical (unpaired) electrons. The molecule has 0 fully saturated rings. The fourth-order valence-electron chi connectivity index (χ4n) is 2.08. The normalized spacial score (nSPS) is 14.7. The van der Waals surface area contributed by atoms with E-state index >= 15 is 0 Å². The Morgan fingerprint density at radius 3 is 1.62 bits per heavy atom. The Hall–Kier alpha value is -2.13. The third-order valence-electron chi connectivity index (χ3n) is 3.56. The van der Waals surface area contributed by atoms with Gasteiger partial charge in [0.2, 0.25) is 10.0 Å². The van der Waals surface area contributed by atoms with Crippen molar-refractivity contribution in [2.75, 3.05) is 6.26 Å². The summed E-state index contributed by atoms with van der Waals surface area (Å²) in [6.45, 7) is 0.934. The second-order valence-electron chi connectivity index (χ2n) is 6.49. The number of carbonyl (C=O) groups is 1. The summed E-state index contributed by atoms with van der Waals surface area (Å²) < 4.78 is 189. The molecule has 21 heteroatoms. The number of alkyl halides is 9. The highest BCUT2D eigenvalue weighted by Crippen LogP contribution is 2.50. The van der Waals surface area contributed by atoms with Crippen LogP contribution in [0, 0.1) is 6.92 Å². The molecule has 1 amide bonds. The van der Waals surface area contributed by atoms with Gasteiger partial charge in [-0.3, -0.25) is 4.79 Å². The van der Waals surface area contributed by atoms with Crippen molar-refractivity contribution in [1.82, 2.24) is 8.85 Å². The standard InChI is InChI=1S/C13H11F9N2O7S3/c1-6-3-7(5-8(4-6)10(14,15)16)9(25)23-33(28,29)12(19,20)11(17,18)13(21,22)34(30,31)24-32(2,26)27/h3-5,24H,1-2H3,(H,23,25). The lowest BCUT2D eigenvalue weighted by Gasteiger charge is -2.31. The summed E-state index contributed by atoms with van der Waals surface area (Å²) in [6, 6.07) is 0.836. The molecule has 2 N–H and O–H groups in total. The number of benzene rings is 1. The Balaban J connectivity index is 3.50. The maximum Gasteiger partial charge on any atom is 0.433 e. The Morgan fingerprint density at radius 2 is 1.21 bits per heavy atom. The number of aryl methyl sites for hydroxylation is 1. The number of amides is 1. The molecule has 1 aromatic carbocycles. The average molecular weight is 574 g/mol. The first-order valence-corrected chi connectivity index (χ1v) is 12.7. The van der Waals surface area contributed by atoms with Crippen molar-refractivity contribution in [3.8, 4) is 0 Å². The van der Waals surface area contributed by atoms with Gasteiger partial charge in [-0.15, -0.1) is 4.13 Å². The summed E-state index contributed by atoms with van der Waals surface area (Å²) in [7, 11) is -19.8. The Kier molecular flexibility index (Phi) is 7.49.